The van der Waals surface area contributed by atoms with Crippen molar-refractivity contribution in [2.45, 2.75) is 70.0 Å². The lowest BCUT2D eigenvalue weighted by Crippen LogP contribution is -2.50. The van der Waals surface area contributed by atoms with Gasteiger partial charge in [0.15, 0.2) is 0 Å². The van der Waals surface area contributed by atoms with Gasteiger partial charge in [0.05, 0.1) is 11.8 Å². The van der Waals surface area contributed by atoms with Crippen LogP contribution in [0.1, 0.15) is 49.8 Å². The van der Waals surface area contributed by atoms with E-state index in [9.17, 15) is 10.1 Å². The predicted octanol–water partition coefficient (Wildman–Crippen LogP) is 3.36. The minimum absolute atomic E-state index is 0.0144. The number of nitriles is 1. The van der Waals surface area contributed by atoms with Crippen molar-refractivity contribution >= 4 is 11.7 Å². The molecule has 0 unspecified atom stereocenters. The maximum atomic E-state index is 13.1. The molecule has 2 heterocycles. The monoisotopic (exact) mass is 391 g/mol. The number of nitrogens with one attached hydrogen (secondary N) is 1. The lowest BCUT2D eigenvalue weighted by Gasteiger charge is -2.31. The molecule has 1 N–H and O–H groups in total. The zero-order chi connectivity index (χ0) is 20.3. The van der Waals surface area contributed by atoms with E-state index < -0.39 is 5.54 Å². The number of nitrogens with zero attached hydrogens (tertiary/aromatic N) is 4. The van der Waals surface area contributed by atoms with E-state index in [1.807, 2.05) is 17.7 Å². The summed E-state index contributed by atoms with van der Waals surface area (Å²) in [7, 11) is 0. The molecule has 1 aliphatic carbocycles. The third-order valence-electron chi connectivity index (χ3n) is 6.01. The molecular weight excluding hydrogens is 362 g/mol. The molecule has 1 aromatic heterocycles. The van der Waals surface area contributed by atoms with Gasteiger partial charge in [-0.15, -0.1) is 0 Å². The minimum atomic E-state index is -0.626. The number of benzene rings is 1. The first-order valence-electron chi connectivity index (χ1n) is 10.7. The van der Waals surface area contributed by atoms with Crippen LogP contribution < -0.4 is 10.2 Å². The highest BCUT2D eigenvalue weighted by molar-refractivity contribution is 5.86. The van der Waals surface area contributed by atoms with Crippen molar-refractivity contribution < 1.29 is 4.79 Å². The molecule has 6 heteroatoms. The Hall–Kier alpha value is -2.81. The molecule has 0 spiro atoms. The first kappa shape index (κ1) is 19.5. The standard InChI is InChI=1S/C23H29N5O/c1-18-16-21(28(26-18)15-11-19-8-4-2-5-9-19)27-14-7-3-6-10-20(27)22(29)25-23(17-24)12-13-23/h2,4-5,8-9,16,20H,3,6-7,10-15H2,1H3,(H,25,29)/t20-/m0/s1. The highest BCUT2D eigenvalue weighted by Crippen LogP contribution is 2.35. The molecule has 1 saturated carbocycles. The summed E-state index contributed by atoms with van der Waals surface area (Å²) < 4.78 is 2.05. The Morgan fingerprint density at radius 2 is 2.07 bits per heavy atom. The normalized spacial score (nSPS) is 20.6. The summed E-state index contributed by atoms with van der Waals surface area (Å²) in [5, 5.41) is 17.1. The summed E-state index contributed by atoms with van der Waals surface area (Å²) in [6.07, 6.45) is 6.46. The van der Waals surface area contributed by atoms with Crippen LogP contribution in [0.25, 0.3) is 0 Å². The molecule has 6 nitrogen and oxygen atoms in total. The molecule has 29 heavy (non-hydrogen) atoms. The Morgan fingerprint density at radius 3 is 2.79 bits per heavy atom. The average molecular weight is 392 g/mol. The maximum Gasteiger partial charge on any atom is 0.243 e. The molecule has 1 atom stereocenters. The molecule has 152 valence electrons. The highest BCUT2D eigenvalue weighted by atomic mass is 16.2. The van der Waals surface area contributed by atoms with Crippen LogP contribution in [-0.4, -0.2) is 33.8 Å². The zero-order valence-electron chi connectivity index (χ0n) is 17.1. The van der Waals surface area contributed by atoms with Gasteiger partial charge in [0, 0.05) is 19.2 Å². The quantitative estimate of drug-likeness (QED) is 0.819. The summed E-state index contributed by atoms with van der Waals surface area (Å²) >= 11 is 0. The molecule has 1 saturated heterocycles. The first-order valence-corrected chi connectivity index (χ1v) is 10.7. The smallest absolute Gasteiger partial charge is 0.243 e. The Balaban J connectivity index is 1.55. The predicted molar refractivity (Wildman–Crippen MR) is 112 cm³/mol. The van der Waals surface area contributed by atoms with Crippen LogP contribution in [0.2, 0.25) is 0 Å². The van der Waals surface area contributed by atoms with Crippen molar-refractivity contribution in [1.82, 2.24) is 15.1 Å². The second-order valence-electron chi connectivity index (χ2n) is 8.34. The van der Waals surface area contributed by atoms with Gasteiger partial charge in [-0.2, -0.15) is 10.4 Å². The minimum Gasteiger partial charge on any atom is -0.345 e. The van der Waals surface area contributed by atoms with Gasteiger partial charge in [-0.3, -0.25) is 4.79 Å². The molecule has 2 fully saturated rings. The fourth-order valence-electron chi connectivity index (χ4n) is 4.17. The van der Waals surface area contributed by atoms with E-state index >= 15 is 0 Å². The molecule has 2 aliphatic rings. The lowest BCUT2D eigenvalue weighted by atomic mass is 10.1. The lowest BCUT2D eigenvalue weighted by molar-refractivity contribution is -0.123. The fourth-order valence-corrected chi connectivity index (χ4v) is 4.17. The van der Waals surface area contributed by atoms with Crippen molar-refractivity contribution in [3.8, 4) is 6.07 Å². The van der Waals surface area contributed by atoms with E-state index in [0.717, 1.165) is 69.5 Å². The van der Waals surface area contributed by atoms with E-state index in [4.69, 9.17) is 5.10 Å². The van der Waals surface area contributed by atoms with E-state index in [1.54, 1.807) is 0 Å². The third kappa shape index (κ3) is 4.45. The molecule has 1 aromatic carbocycles. The van der Waals surface area contributed by atoms with E-state index in [0.29, 0.717) is 0 Å². The fraction of sp³-hybridized carbons (Fsp3) is 0.522. The number of rotatable bonds is 6. The van der Waals surface area contributed by atoms with Gasteiger partial charge in [0.2, 0.25) is 5.91 Å². The summed E-state index contributed by atoms with van der Waals surface area (Å²) in [5.41, 5.74) is 1.62. The van der Waals surface area contributed by atoms with Gasteiger partial charge in [0.1, 0.15) is 17.4 Å². The number of carbonyl (C=O) groups is 1. The van der Waals surface area contributed by atoms with Crippen molar-refractivity contribution in [2.75, 3.05) is 11.4 Å². The zero-order valence-corrected chi connectivity index (χ0v) is 17.1. The van der Waals surface area contributed by atoms with Crippen LogP contribution in [0.4, 0.5) is 5.82 Å². The molecule has 2 aromatic rings. The molecule has 0 bridgehead atoms. The van der Waals surface area contributed by atoms with Crippen molar-refractivity contribution in [1.29, 1.82) is 5.26 Å². The summed E-state index contributed by atoms with van der Waals surface area (Å²) in [4.78, 5) is 15.3. The maximum absolute atomic E-state index is 13.1. The van der Waals surface area contributed by atoms with Crippen LogP contribution >= 0.6 is 0 Å². The first-order chi connectivity index (χ1) is 14.1. The second kappa shape index (κ2) is 8.28. The van der Waals surface area contributed by atoms with Crippen molar-refractivity contribution in [2.24, 2.45) is 0 Å². The largest absolute Gasteiger partial charge is 0.345 e. The van der Waals surface area contributed by atoms with Gasteiger partial charge in [-0.1, -0.05) is 43.2 Å². The van der Waals surface area contributed by atoms with Crippen LogP contribution in [0.15, 0.2) is 36.4 Å². The van der Waals surface area contributed by atoms with Crippen LogP contribution in [-0.2, 0) is 17.8 Å². The van der Waals surface area contributed by atoms with E-state index in [1.165, 1.54) is 5.56 Å². The van der Waals surface area contributed by atoms with Crippen LogP contribution in [0.3, 0.4) is 0 Å². The Kier molecular flexibility index (Phi) is 5.57. The van der Waals surface area contributed by atoms with Crippen molar-refractivity contribution in [3.63, 3.8) is 0 Å². The van der Waals surface area contributed by atoms with Crippen LogP contribution in [0.5, 0.6) is 0 Å². The number of carbonyl (C=O) groups excluding carboxylic acids is 1. The second-order valence-corrected chi connectivity index (χ2v) is 8.34. The number of amides is 1. The van der Waals surface area contributed by atoms with Crippen LogP contribution in [0, 0.1) is 18.3 Å². The summed E-state index contributed by atoms with van der Waals surface area (Å²) in [6, 6.07) is 14.5. The average Bonchev–Trinajstić information content (AvgIpc) is 3.46. The Morgan fingerprint density at radius 1 is 1.28 bits per heavy atom. The molecule has 0 radical (unpaired) electrons. The number of aryl methyl sites for hydroxylation is 3. The van der Waals surface area contributed by atoms with Crippen molar-refractivity contribution in [3.05, 3.63) is 47.7 Å². The van der Waals surface area contributed by atoms with E-state index in [2.05, 4.69) is 46.6 Å². The van der Waals surface area contributed by atoms with Gasteiger partial charge in [-0.25, -0.2) is 4.68 Å². The topological polar surface area (TPSA) is 74.0 Å². The molecule has 4 rings (SSSR count). The number of aromatic nitrogens is 2. The molecule has 1 aliphatic heterocycles. The summed E-state index contributed by atoms with van der Waals surface area (Å²) in [6.45, 7) is 3.62. The number of anilines is 1. The molecule has 1 amide bonds. The van der Waals surface area contributed by atoms with E-state index in [-0.39, 0.29) is 11.9 Å². The number of hydrogen-bond donors (Lipinski definition) is 1. The summed E-state index contributed by atoms with van der Waals surface area (Å²) in [5.74, 6) is 1.00. The molecular formula is C23H29N5O. The number of hydrogen-bond acceptors (Lipinski definition) is 4. The third-order valence-corrected chi connectivity index (χ3v) is 6.01. The van der Waals surface area contributed by atoms with Gasteiger partial charge in [-0.05, 0) is 44.6 Å². The highest BCUT2D eigenvalue weighted by Gasteiger charge is 2.46. The van der Waals surface area contributed by atoms with Gasteiger partial charge >= 0.3 is 0 Å². The van der Waals surface area contributed by atoms with Gasteiger partial charge in [0.25, 0.3) is 0 Å². The van der Waals surface area contributed by atoms with Gasteiger partial charge < -0.3 is 10.2 Å². The Bertz CT molecular complexity index is 894. The Labute approximate surface area is 172 Å². The SMILES string of the molecule is Cc1cc(N2CCCCC[C@H]2C(=O)NC2(C#N)CC2)n(CCc2ccccc2)n1.